The lowest BCUT2D eigenvalue weighted by atomic mass is 10.0. The SMILES string of the molecule is CC(N)=O.CCCCCCCCCCCCCCCCC(O)C(=O)O.OCC(O)CO. The van der Waals surface area contributed by atoms with Crippen LogP contribution in [0.2, 0.25) is 0 Å². The van der Waals surface area contributed by atoms with Gasteiger partial charge in [-0.25, -0.2) is 4.79 Å². The van der Waals surface area contributed by atoms with E-state index in [1.165, 1.54) is 84.0 Å². The zero-order valence-electron chi connectivity index (χ0n) is 19.8. The number of hydrogen-bond acceptors (Lipinski definition) is 6. The van der Waals surface area contributed by atoms with Gasteiger partial charge in [0.1, 0.15) is 6.10 Å². The van der Waals surface area contributed by atoms with Gasteiger partial charge in [-0.1, -0.05) is 96.8 Å². The van der Waals surface area contributed by atoms with Crippen LogP contribution in [-0.4, -0.2) is 62.8 Å². The van der Waals surface area contributed by atoms with Gasteiger partial charge in [-0.15, -0.1) is 0 Å². The summed E-state index contributed by atoms with van der Waals surface area (Å²) >= 11 is 0. The number of carboxylic acid groups (broad SMARTS) is 1. The molecule has 7 N–H and O–H groups in total. The van der Waals surface area contributed by atoms with E-state index in [4.69, 9.17) is 25.5 Å². The Labute approximate surface area is 188 Å². The smallest absolute Gasteiger partial charge is 0.332 e. The third-order valence-electron chi connectivity index (χ3n) is 4.54. The van der Waals surface area contributed by atoms with Crippen LogP contribution in [0, 0.1) is 0 Å². The number of amides is 1. The summed E-state index contributed by atoms with van der Waals surface area (Å²) < 4.78 is 0. The molecule has 1 unspecified atom stereocenters. The number of hydrogen-bond donors (Lipinski definition) is 6. The van der Waals surface area contributed by atoms with Crippen LogP contribution in [0.5, 0.6) is 0 Å². The van der Waals surface area contributed by atoms with Crippen molar-refractivity contribution in [1.82, 2.24) is 0 Å². The van der Waals surface area contributed by atoms with Crippen LogP contribution < -0.4 is 5.73 Å². The molecule has 0 aromatic rings. The van der Waals surface area contributed by atoms with Crippen molar-refractivity contribution in [3.05, 3.63) is 0 Å². The molecule has 31 heavy (non-hydrogen) atoms. The lowest BCUT2D eigenvalue weighted by Gasteiger charge is -2.05. The average molecular weight is 452 g/mol. The first kappa shape index (κ1) is 34.4. The van der Waals surface area contributed by atoms with E-state index in [0.717, 1.165) is 12.8 Å². The van der Waals surface area contributed by atoms with Crippen molar-refractivity contribution in [3.63, 3.8) is 0 Å². The van der Waals surface area contributed by atoms with E-state index in [1.54, 1.807) is 0 Å². The maximum atomic E-state index is 10.4. The van der Waals surface area contributed by atoms with Crippen molar-refractivity contribution in [3.8, 4) is 0 Å². The third kappa shape index (κ3) is 39.8. The van der Waals surface area contributed by atoms with E-state index >= 15 is 0 Å². The van der Waals surface area contributed by atoms with Gasteiger partial charge >= 0.3 is 5.97 Å². The minimum Gasteiger partial charge on any atom is -0.479 e. The minimum absolute atomic E-state index is 0.333. The Morgan fingerprint density at radius 2 is 1.00 bits per heavy atom. The molecule has 1 amide bonds. The highest BCUT2D eigenvalue weighted by Gasteiger charge is 2.11. The summed E-state index contributed by atoms with van der Waals surface area (Å²) in [6.07, 6.45) is 16.3. The molecule has 0 aromatic heterocycles. The molecule has 0 fully saturated rings. The molecule has 1 atom stereocenters. The molecule has 0 spiro atoms. The van der Waals surface area contributed by atoms with Crippen molar-refractivity contribution >= 4 is 11.9 Å². The second kappa shape index (κ2) is 28.8. The molecular weight excluding hydrogens is 402 g/mol. The Morgan fingerprint density at radius 1 is 0.710 bits per heavy atom. The summed E-state index contributed by atoms with van der Waals surface area (Å²) in [5, 5.41) is 41.7. The molecule has 0 bridgehead atoms. The molecule has 8 nitrogen and oxygen atoms in total. The van der Waals surface area contributed by atoms with Crippen LogP contribution in [0.15, 0.2) is 0 Å². The Balaban J connectivity index is -0.000000647. The Kier molecular flexibility index (Phi) is 31.9. The molecule has 0 radical (unpaired) electrons. The Bertz CT molecular complexity index is 373. The highest BCUT2D eigenvalue weighted by molar-refractivity contribution is 5.71. The highest BCUT2D eigenvalue weighted by Crippen LogP contribution is 2.13. The normalized spacial score (nSPS) is 11.2. The maximum absolute atomic E-state index is 10.4. The van der Waals surface area contributed by atoms with Gasteiger partial charge in [-0.3, -0.25) is 4.79 Å². The van der Waals surface area contributed by atoms with Gasteiger partial charge in [0.2, 0.25) is 5.91 Å². The van der Waals surface area contributed by atoms with Gasteiger partial charge in [0.15, 0.2) is 6.10 Å². The summed E-state index contributed by atoms with van der Waals surface area (Å²) in [5.41, 5.74) is 4.47. The summed E-state index contributed by atoms with van der Waals surface area (Å²) in [5.74, 6) is -1.43. The maximum Gasteiger partial charge on any atom is 0.332 e. The fourth-order valence-corrected chi connectivity index (χ4v) is 2.71. The van der Waals surface area contributed by atoms with Crippen molar-refractivity contribution in [2.75, 3.05) is 13.2 Å². The van der Waals surface area contributed by atoms with Gasteiger partial charge < -0.3 is 31.3 Å². The highest BCUT2D eigenvalue weighted by atomic mass is 16.4. The van der Waals surface area contributed by atoms with Gasteiger partial charge in [0, 0.05) is 6.92 Å². The summed E-state index contributed by atoms with van der Waals surface area (Å²) in [7, 11) is 0. The van der Waals surface area contributed by atoms with Gasteiger partial charge in [0.25, 0.3) is 0 Å². The predicted octanol–water partition coefficient (Wildman–Crippen LogP) is 3.13. The fourth-order valence-electron chi connectivity index (χ4n) is 2.71. The number of rotatable bonds is 18. The molecule has 188 valence electrons. The Morgan fingerprint density at radius 3 is 1.23 bits per heavy atom. The number of nitrogens with two attached hydrogens (primary N) is 1. The minimum atomic E-state index is -1.16. The third-order valence-corrected chi connectivity index (χ3v) is 4.54. The zero-order valence-corrected chi connectivity index (χ0v) is 19.8. The van der Waals surface area contributed by atoms with Crippen LogP contribution in [0.3, 0.4) is 0 Å². The molecule has 8 heteroatoms. The number of carboxylic acids is 1. The summed E-state index contributed by atoms with van der Waals surface area (Å²) in [6, 6.07) is 0. The monoisotopic (exact) mass is 451 g/mol. The second-order valence-electron chi connectivity index (χ2n) is 7.87. The number of aliphatic hydroxyl groups excluding tert-OH is 4. The van der Waals surface area contributed by atoms with Crippen LogP contribution in [0.1, 0.15) is 110 Å². The van der Waals surface area contributed by atoms with E-state index in [0.29, 0.717) is 6.42 Å². The first-order valence-corrected chi connectivity index (χ1v) is 11.8. The lowest BCUT2D eigenvalue weighted by Crippen LogP contribution is -2.18. The molecular formula is C23H49NO7. The largest absolute Gasteiger partial charge is 0.479 e. The molecule has 0 aliphatic rings. The lowest BCUT2D eigenvalue weighted by molar-refractivity contribution is -0.147. The average Bonchev–Trinajstić information content (AvgIpc) is 2.73. The van der Waals surface area contributed by atoms with E-state index in [9.17, 15) is 9.59 Å². The van der Waals surface area contributed by atoms with Gasteiger partial charge in [-0.05, 0) is 6.42 Å². The molecule has 0 rings (SSSR count). The zero-order chi connectivity index (χ0) is 24.3. The van der Waals surface area contributed by atoms with E-state index in [1.807, 2.05) is 0 Å². The number of primary amides is 1. The first-order valence-electron chi connectivity index (χ1n) is 11.8. The van der Waals surface area contributed by atoms with Gasteiger partial charge in [0.05, 0.1) is 13.2 Å². The van der Waals surface area contributed by atoms with Crippen LogP contribution in [0.4, 0.5) is 0 Å². The van der Waals surface area contributed by atoms with Crippen molar-refractivity contribution in [2.24, 2.45) is 5.73 Å². The molecule has 0 heterocycles. The molecule has 0 aromatic carbocycles. The van der Waals surface area contributed by atoms with Crippen molar-refractivity contribution < 1.29 is 35.1 Å². The van der Waals surface area contributed by atoms with Crippen molar-refractivity contribution in [1.29, 1.82) is 0 Å². The number of carbonyl (C=O) groups is 2. The van der Waals surface area contributed by atoms with E-state index in [2.05, 4.69) is 12.7 Å². The van der Waals surface area contributed by atoms with E-state index < -0.39 is 18.2 Å². The van der Waals surface area contributed by atoms with Crippen LogP contribution in [0.25, 0.3) is 0 Å². The quantitative estimate of drug-likeness (QED) is 0.174. The topological polar surface area (TPSA) is 161 Å². The number of unbranched alkanes of at least 4 members (excludes halogenated alkanes) is 13. The summed E-state index contributed by atoms with van der Waals surface area (Å²) in [6.45, 7) is 2.83. The molecule has 0 aliphatic heterocycles. The fraction of sp³-hybridized carbons (Fsp3) is 0.913. The van der Waals surface area contributed by atoms with Gasteiger partial charge in [-0.2, -0.15) is 0 Å². The summed E-state index contributed by atoms with van der Waals surface area (Å²) in [4.78, 5) is 19.6. The molecule has 0 saturated carbocycles. The second-order valence-corrected chi connectivity index (χ2v) is 7.87. The van der Waals surface area contributed by atoms with Crippen LogP contribution in [-0.2, 0) is 9.59 Å². The Hall–Kier alpha value is -1.22. The number of aliphatic hydroxyl groups is 4. The first-order chi connectivity index (χ1) is 14.7. The van der Waals surface area contributed by atoms with Crippen molar-refractivity contribution in [2.45, 2.75) is 122 Å². The molecule has 0 saturated heterocycles. The predicted molar refractivity (Wildman–Crippen MR) is 124 cm³/mol. The number of aliphatic carboxylic acids is 1. The molecule has 0 aliphatic carbocycles. The van der Waals surface area contributed by atoms with Crippen LogP contribution >= 0.6 is 0 Å². The standard InChI is InChI=1S/C18H36O3.C3H8O3.C2H5NO/c1-2-3-4-5-6-7-8-9-10-11-12-13-14-15-16-17(19)18(20)21;4-1-3(6)2-5;1-2(3)4/h17,19H,2-16H2,1H3,(H,20,21);3-6H,1-2H2;1H3,(H2,3,4). The number of carbonyl (C=O) groups excluding carboxylic acids is 1. The van der Waals surface area contributed by atoms with E-state index in [-0.39, 0.29) is 19.1 Å².